The summed E-state index contributed by atoms with van der Waals surface area (Å²) < 4.78 is 11.0. The largest absolute Gasteiger partial charge is 0.456 e. The fourth-order valence-electron chi connectivity index (χ4n) is 10.1. The van der Waals surface area contributed by atoms with Crippen LogP contribution >= 0.6 is 0 Å². The van der Waals surface area contributed by atoms with E-state index in [2.05, 4.69) is 187 Å². The lowest BCUT2D eigenvalue weighted by molar-refractivity contribution is 0.661. The normalized spacial score (nSPS) is 13.3. The van der Waals surface area contributed by atoms with Crippen molar-refractivity contribution in [1.82, 2.24) is 24.1 Å². The van der Waals surface area contributed by atoms with Crippen LogP contribution in [0.2, 0.25) is 0 Å². The number of hydrogen-bond acceptors (Lipinski definition) is 4. The van der Waals surface area contributed by atoms with Crippen molar-refractivity contribution in [3.63, 3.8) is 0 Å². The molecule has 1 aliphatic carbocycles. The maximum Gasteiger partial charge on any atom is 0.240 e. The molecule has 6 nitrogen and oxygen atoms in total. The van der Waals surface area contributed by atoms with Crippen molar-refractivity contribution in [2.75, 3.05) is 0 Å². The number of aromatic nitrogens is 5. The zero-order valence-electron chi connectivity index (χ0n) is 32.9. The van der Waals surface area contributed by atoms with E-state index in [9.17, 15) is 0 Å². The summed E-state index contributed by atoms with van der Waals surface area (Å²) in [7, 11) is 0. The molecule has 0 radical (unpaired) electrons. The van der Waals surface area contributed by atoms with E-state index in [-0.39, 0.29) is 5.41 Å². The second kappa shape index (κ2) is 12.1. The SMILES string of the molecule is CC1(C)c2ccccc2-c2c1ccc1c2c2ccccc2n1-c1nc(-c2ccc3c(c2)oc2cccc(-c4ccccc4)c23)nc(-n2c3ccccc3c3ccccc32)n1. The van der Waals surface area contributed by atoms with Crippen LogP contribution in [0.1, 0.15) is 25.0 Å². The average molecular weight is 770 g/mol. The first-order valence-electron chi connectivity index (χ1n) is 20.5. The van der Waals surface area contributed by atoms with E-state index in [1.165, 1.54) is 27.6 Å². The molecule has 0 aliphatic heterocycles. The number of nitrogens with zero attached hydrogens (tertiary/aromatic N) is 5. The first kappa shape index (κ1) is 33.2. The summed E-state index contributed by atoms with van der Waals surface area (Å²) in [6.07, 6.45) is 0. The minimum absolute atomic E-state index is 0.134. The number of fused-ring (bicyclic) bond motifs is 13. The Balaban J connectivity index is 1.11. The third kappa shape index (κ3) is 4.50. The summed E-state index contributed by atoms with van der Waals surface area (Å²) in [4.78, 5) is 16.2. The molecule has 0 saturated heterocycles. The molecular formula is C54H35N5O. The van der Waals surface area contributed by atoms with Crippen LogP contribution in [0.5, 0.6) is 0 Å². The highest BCUT2D eigenvalue weighted by atomic mass is 16.3. The maximum atomic E-state index is 6.62. The molecule has 0 fully saturated rings. The Morgan fingerprint density at radius 1 is 0.417 bits per heavy atom. The standard InChI is InChI=1S/C54H35N5O/c1-54(2)40-22-10-6-19-37(40)49-41(54)29-30-45-50(49)38-20-9-13-25-44(38)59(45)53-56-51(55-52(57-53)58-42-23-11-7-17-35(42)36-18-8-12-24-43(36)58)33-27-28-39-47(31-33)60-46-26-14-21-34(48(39)46)32-15-4-3-5-16-32/h3-31H,1-2H3. The number of rotatable bonds is 4. The first-order chi connectivity index (χ1) is 29.5. The summed E-state index contributed by atoms with van der Waals surface area (Å²) in [5, 5.41) is 6.79. The Morgan fingerprint density at radius 2 is 1.03 bits per heavy atom. The fourth-order valence-corrected chi connectivity index (χ4v) is 10.1. The molecule has 0 unspecified atom stereocenters. The van der Waals surface area contributed by atoms with Gasteiger partial charge in [0.25, 0.3) is 0 Å². The lowest BCUT2D eigenvalue weighted by Crippen LogP contribution is -2.14. The van der Waals surface area contributed by atoms with Crippen LogP contribution in [0.15, 0.2) is 180 Å². The van der Waals surface area contributed by atoms with Crippen LogP contribution < -0.4 is 0 Å². The Labute approximate surface area is 344 Å². The minimum Gasteiger partial charge on any atom is -0.456 e. The van der Waals surface area contributed by atoms with Gasteiger partial charge in [-0.3, -0.25) is 9.13 Å². The monoisotopic (exact) mass is 769 g/mol. The van der Waals surface area contributed by atoms with Gasteiger partial charge in [0.1, 0.15) is 11.2 Å². The van der Waals surface area contributed by atoms with Crippen molar-refractivity contribution in [2.45, 2.75) is 19.3 Å². The van der Waals surface area contributed by atoms with Gasteiger partial charge < -0.3 is 4.42 Å². The summed E-state index contributed by atoms with van der Waals surface area (Å²) >= 11 is 0. The van der Waals surface area contributed by atoms with Crippen molar-refractivity contribution < 1.29 is 4.42 Å². The van der Waals surface area contributed by atoms with Crippen molar-refractivity contribution in [3.8, 4) is 45.5 Å². The van der Waals surface area contributed by atoms with E-state index in [1.807, 2.05) is 12.1 Å². The van der Waals surface area contributed by atoms with Crippen molar-refractivity contribution in [3.05, 3.63) is 187 Å². The Hall–Kier alpha value is -7.83. The van der Waals surface area contributed by atoms with Crippen molar-refractivity contribution in [2.24, 2.45) is 0 Å². The molecule has 0 bridgehead atoms. The molecule has 1 aliphatic rings. The molecule has 0 spiro atoms. The Morgan fingerprint density at radius 3 is 1.78 bits per heavy atom. The molecule has 0 amide bonds. The quantitative estimate of drug-likeness (QED) is 0.179. The number of hydrogen-bond donors (Lipinski definition) is 0. The van der Waals surface area contributed by atoms with Crippen LogP contribution in [0.3, 0.4) is 0 Å². The van der Waals surface area contributed by atoms with Gasteiger partial charge in [0.05, 0.1) is 22.1 Å². The number of para-hydroxylation sites is 3. The van der Waals surface area contributed by atoms with Crippen LogP contribution in [0.4, 0.5) is 0 Å². The van der Waals surface area contributed by atoms with E-state index in [1.54, 1.807) is 0 Å². The van der Waals surface area contributed by atoms with Gasteiger partial charge in [0, 0.05) is 43.3 Å². The highest BCUT2D eigenvalue weighted by Crippen LogP contribution is 2.53. The van der Waals surface area contributed by atoms with Crippen LogP contribution in [-0.2, 0) is 5.41 Å². The predicted octanol–water partition coefficient (Wildman–Crippen LogP) is 13.6. The summed E-state index contributed by atoms with van der Waals surface area (Å²) in [5.74, 6) is 1.65. The van der Waals surface area contributed by atoms with Gasteiger partial charge in [-0.15, -0.1) is 0 Å². The third-order valence-corrected chi connectivity index (χ3v) is 12.8. The van der Waals surface area contributed by atoms with E-state index < -0.39 is 0 Å². The second-order valence-corrected chi connectivity index (χ2v) is 16.4. The van der Waals surface area contributed by atoms with Crippen molar-refractivity contribution in [1.29, 1.82) is 0 Å². The molecule has 8 aromatic carbocycles. The molecule has 12 aromatic rings. The highest BCUT2D eigenvalue weighted by Gasteiger charge is 2.37. The Bertz CT molecular complexity index is 3700. The molecule has 13 rings (SSSR count). The van der Waals surface area contributed by atoms with Gasteiger partial charge in [-0.1, -0.05) is 147 Å². The van der Waals surface area contributed by atoms with Crippen LogP contribution in [0.25, 0.3) is 111 Å². The van der Waals surface area contributed by atoms with E-state index in [0.717, 1.165) is 76.9 Å². The minimum atomic E-state index is -0.134. The van der Waals surface area contributed by atoms with Gasteiger partial charge in [-0.05, 0) is 75.8 Å². The predicted molar refractivity (Wildman–Crippen MR) is 244 cm³/mol. The number of benzene rings is 8. The van der Waals surface area contributed by atoms with Crippen molar-refractivity contribution >= 4 is 65.6 Å². The van der Waals surface area contributed by atoms with Gasteiger partial charge >= 0.3 is 0 Å². The topological polar surface area (TPSA) is 61.7 Å². The second-order valence-electron chi connectivity index (χ2n) is 16.4. The molecule has 0 saturated carbocycles. The Kier molecular flexibility index (Phi) is 6.69. The summed E-state index contributed by atoms with van der Waals surface area (Å²) in [6.45, 7) is 4.67. The highest BCUT2D eigenvalue weighted by molar-refractivity contribution is 6.18. The molecule has 0 N–H and O–H groups in total. The zero-order valence-corrected chi connectivity index (χ0v) is 32.9. The lowest BCUT2D eigenvalue weighted by atomic mass is 9.82. The van der Waals surface area contributed by atoms with Crippen LogP contribution in [-0.4, -0.2) is 24.1 Å². The fraction of sp³-hybridized carbons (Fsp3) is 0.0556. The summed E-state index contributed by atoms with van der Waals surface area (Å²) in [5.41, 5.74) is 14.0. The first-order valence-corrected chi connectivity index (χ1v) is 20.5. The van der Waals surface area contributed by atoms with E-state index in [0.29, 0.717) is 17.7 Å². The zero-order chi connectivity index (χ0) is 39.7. The average Bonchev–Trinajstić information content (AvgIpc) is 4.01. The molecule has 282 valence electrons. The number of furan rings is 1. The van der Waals surface area contributed by atoms with E-state index >= 15 is 0 Å². The molecular weight excluding hydrogens is 735 g/mol. The van der Waals surface area contributed by atoms with Crippen LogP contribution in [0, 0.1) is 0 Å². The smallest absolute Gasteiger partial charge is 0.240 e. The summed E-state index contributed by atoms with van der Waals surface area (Å²) in [6, 6.07) is 62.1. The molecule has 4 aromatic heterocycles. The lowest BCUT2D eigenvalue weighted by Gasteiger charge is -2.21. The van der Waals surface area contributed by atoms with E-state index in [4.69, 9.17) is 19.4 Å². The van der Waals surface area contributed by atoms with Gasteiger partial charge in [-0.2, -0.15) is 15.0 Å². The third-order valence-electron chi connectivity index (χ3n) is 12.8. The molecule has 0 atom stereocenters. The van der Waals surface area contributed by atoms with Gasteiger partial charge in [0.2, 0.25) is 11.9 Å². The molecule has 4 heterocycles. The maximum absolute atomic E-state index is 6.62. The van der Waals surface area contributed by atoms with Gasteiger partial charge in [0.15, 0.2) is 5.82 Å². The van der Waals surface area contributed by atoms with Gasteiger partial charge in [-0.25, -0.2) is 0 Å². The molecule has 6 heteroatoms. The molecule has 60 heavy (non-hydrogen) atoms.